The van der Waals surface area contributed by atoms with Crippen molar-refractivity contribution in [2.75, 3.05) is 19.8 Å². The molecule has 0 aliphatic rings. The zero-order chi connectivity index (χ0) is 23.9. The molecule has 0 fully saturated rings. The average molecular weight is 460 g/mol. The van der Waals surface area contributed by atoms with E-state index in [-0.39, 0.29) is 19.0 Å². The predicted molar refractivity (Wildman–Crippen MR) is 129 cm³/mol. The lowest BCUT2D eigenvalue weighted by Crippen LogP contribution is -2.16. The van der Waals surface area contributed by atoms with Crippen LogP contribution in [0.3, 0.4) is 0 Å². The summed E-state index contributed by atoms with van der Waals surface area (Å²) in [6, 6.07) is 18.5. The van der Waals surface area contributed by atoms with Gasteiger partial charge in [0.2, 0.25) is 0 Å². The van der Waals surface area contributed by atoms with E-state index in [4.69, 9.17) is 18.6 Å². The molecular weight excluding hydrogens is 436 g/mol. The summed E-state index contributed by atoms with van der Waals surface area (Å²) >= 11 is 0. The second-order valence-electron chi connectivity index (χ2n) is 7.24. The zero-order valence-corrected chi connectivity index (χ0v) is 18.9. The van der Waals surface area contributed by atoms with Gasteiger partial charge in [-0.1, -0.05) is 30.3 Å². The van der Waals surface area contributed by atoms with Crippen LogP contribution in [-0.4, -0.2) is 37.9 Å². The summed E-state index contributed by atoms with van der Waals surface area (Å²) in [5, 5.41) is 6.98. The van der Waals surface area contributed by atoms with Gasteiger partial charge in [0, 0.05) is 5.39 Å². The number of fused-ring (bicyclic) bond motifs is 3. The van der Waals surface area contributed by atoms with Gasteiger partial charge in [0.15, 0.2) is 23.9 Å². The number of carbonyl (C=O) groups is 2. The van der Waals surface area contributed by atoms with Gasteiger partial charge in [-0.25, -0.2) is 10.2 Å². The number of benzene rings is 3. The van der Waals surface area contributed by atoms with Crippen LogP contribution in [0.1, 0.15) is 30.0 Å². The first-order chi connectivity index (χ1) is 16.6. The third kappa shape index (κ3) is 5.17. The molecular formula is C26H24N2O6. The van der Waals surface area contributed by atoms with Crippen LogP contribution in [-0.2, 0) is 9.53 Å². The highest BCUT2D eigenvalue weighted by Gasteiger charge is 2.14. The Labute approximate surface area is 196 Å². The van der Waals surface area contributed by atoms with Crippen LogP contribution in [0.15, 0.2) is 70.2 Å². The predicted octanol–water partition coefficient (Wildman–Crippen LogP) is 4.69. The summed E-state index contributed by atoms with van der Waals surface area (Å²) in [7, 11) is 0. The summed E-state index contributed by atoms with van der Waals surface area (Å²) in [6.45, 7) is 4.05. The van der Waals surface area contributed by atoms with Crippen molar-refractivity contribution in [3.05, 3.63) is 72.0 Å². The van der Waals surface area contributed by atoms with Crippen LogP contribution in [0.25, 0.3) is 21.7 Å². The smallest absolute Gasteiger partial charge is 0.344 e. The Morgan fingerprint density at radius 2 is 1.79 bits per heavy atom. The molecule has 4 aromatic rings. The number of rotatable bonds is 9. The highest BCUT2D eigenvalue weighted by Crippen LogP contribution is 2.29. The SMILES string of the molecule is CCOC(=O)COc1ccc(/C=N\NC(=O)c2cc3c(ccc4ccccc43)o2)cc1OCC. The van der Waals surface area contributed by atoms with Gasteiger partial charge in [-0.15, -0.1) is 0 Å². The molecule has 0 aliphatic carbocycles. The second kappa shape index (κ2) is 10.5. The first-order valence-corrected chi connectivity index (χ1v) is 10.9. The number of hydrazone groups is 1. The molecule has 8 heteroatoms. The first kappa shape index (κ1) is 22.8. The maximum atomic E-state index is 12.6. The number of hydrogen-bond acceptors (Lipinski definition) is 7. The third-order valence-electron chi connectivity index (χ3n) is 4.95. The Morgan fingerprint density at radius 1 is 0.941 bits per heavy atom. The Morgan fingerprint density at radius 3 is 2.62 bits per heavy atom. The van der Waals surface area contributed by atoms with Crippen molar-refractivity contribution in [2.45, 2.75) is 13.8 Å². The topological polar surface area (TPSA) is 99.4 Å². The molecule has 0 saturated carbocycles. The fraction of sp³-hybridized carbons (Fsp3) is 0.192. The van der Waals surface area contributed by atoms with Crippen molar-refractivity contribution in [1.82, 2.24) is 5.43 Å². The number of esters is 1. The van der Waals surface area contributed by atoms with Gasteiger partial charge in [-0.3, -0.25) is 4.79 Å². The first-order valence-electron chi connectivity index (χ1n) is 10.9. The number of nitrogens with zero attached hydrogens (tertiary/aromatic N) is 1. The highest BCUT2D eigenvalue weighted by molar-refractivity contribution is 6.08. The molecule has 4 rings (SSSR count). The second-order valence-corrected chi connectivity index (χ2v) is 7.24. The fourth-order valence-electron chi connectivity index (χ4n) is 3.46. The van der Waals surface area contributed by atoms with Crippen LogP contribution in [0, 0.1) is 0 Å². The molecule has 8 nitrogen and oxygen atoms in total. The summed E-state index contributed by atoms with van der Waals surface area (Å²) in [5.74, 6) is 0.103. The monoisotopic (exact) mass is 460 g/mol. The van der Waals surface area contributed by atoms with E-state index in [0.717, 1.165) is 16.2 Å². The number of amides is 1. The van der Waals surface area contributed by atoms with Crippen molar-refractivity contribution in [3.63, 3.8) is 0 Å². The van der Waals surface area contributed by atoms with Gasteiger partial charge < -0.3 is 18.6 Å². The normalized spacial score (nSPS) is 11.1. The summed E-state index contributed by atoms with van der Waals surface area (Å²) in [5.41, 5.74) is 3.78. The molecule has 0 atom stereocenters. The third-order valence-corrected chi connectivity index (χ3v) is 4.95. The average Bonchev–Trinajstić information content (AvgIpc) is 3.29. The number of nitrogens with one attached hydrogen (secondary N) is 1. The van der Waals surface area contributed by atoms with Crippen molar-refractivity contribution < 1.29 is 28.2 Å². The molecule has 0 unspecified atom stereocenters. The number of hydrogen-bond donors (Lipinski definition) is 1. The lowest BCUT2D eigenvalue weighted by molar-refractivity contribution is -0.145. The molecule has 3 aromatic carbocycles. The standard InChI is InChI=1S/C26H24N2O6/c1-3-31-23-13-17(9-11-22(23)33-16-25(29)32-4-2)15-27-28-26(30)24-14-20-19-8-6-5-7-18(19)10-12-21(20)34-24/h5-15H,3-4,16H2,1-2H3,(H,28,30)/b27-15-. The van der Waals surface area contributed by atoms with E-state index in [9.17, 15) is 9.59 Å². The molecule has 174 valence electrons. The maximum absolute atomic E-state index is 12.6. The van der Waals surface area contributed by atoms with Crippen LogP contribution >= 0.6 is 0 Å². The molecule has 0 radical (unpaired) electrons. The lowest BCUT2D eigenvalue weighted by atomic mass is 10.1. The Hall–Kier alpha value is -4.33. The summed E-state index contributed by atoms with van der Waals surface area (Å²) in [6.07, 6.45) is 1.48. The van der Waals surface area contributed by atoms with E-state index in [0.29, 0.717) is 29.3 Å². The van der Waals surface area contributed by atoms with Crippen LogP contribution in [0.4, 0.5) is 0 Å². The van der Waals surface area contributed by atoms with Crippen molar-refractivity contribution >= 4 is 39.8 Å². The molecule has 0 aliphatic heterocycles. The Bertz CT molecular complexity index is 1360. The number of carbonyl (C=O) groups excluding carboxylic acids is 2. The van der Waals surface area contributed by atoms with Crippen molar-refractivity contribution in [2.24, 2.45) is 5.10 Å². The van der Waals surface area contributed by atoms with E-state index in [1.54, 1.807) is 31.2 Å². The lowest BCUT2D eigenvalue weighted by Gasteiger charge is -2.12. The van der Waals surface area contributed by atoms with Gasteiger partial charge in [-0.05, 0) is 60.5 Å². The largest absolute Gasteiger partial charge is 0.490 e. The van der Waals surface area contributed by atoms with Crippen molar-refractivity contribution in [1.29, 1.82) is 0 Å². The molecule has 1 amide bonds. The van der Waals surface area contributed by atoms with Crippen LogP contribution < -0.4 is 14.9 Å². The molecule has 0 saturated heterocycles. The van der Waals surface area contributed by atoms with Gasteiger partial charge in [0.1, 0.15) is 5.58 Å². The maximum Gasteiger partial charge on any atom is 0.344 e. The molecule has 0 bridgehead atoms. The van der Waals surface area contributed by atoms with Gasteiger partial charge in [0.25, 0.3) is 0 Å². The minimum atomic E-state index is -0.462. The minimum Gasteiger partial charge on any atom is -0.490 e. The van der Waals surface area contributed by atoms with E-state index in [1.165, 1.54) is 6.21 Å². The molecule has 1 aromatic heterocycles. The van der Waals surface area contributed by atoms with Gasteiger partial charge in [-0.2, -0.15) is 5.10 Å². The van der Waals surface area contributed by atoms with E-state index in [1.807, 2.05) is 43.3 Å². The highest BCUT2D eigenvalue weighted by atomic mass is 16.6. The van der Waals surface area contributed by atoms with Gasteiger partial charge >= 0.3 is 11.9 Å². The molecule has 1 heterocycles. The Kier molecular flexibility index (Phi) is 7.07. The summed E-state index contributed by atoms with van der Waals surface area (Å²) in [4.78, 5) is 24.1. The molecule has 1 N–H and O–H groups in total. The van der Waals surface area contributed by atoms with Crippen LogP contribution in [0.5, 0.6) is 11.5 Å². The van der Waals surface area contributed by atoms with E-state index >= 15 is 0 Å². The van der Waals surface area contributed by atoms with Crippen molar-refractivity contribution in [3.8, 4) is 11.5 Å². The fourth-order valence-corrected chi connectivity index (χ4v) is 3.46. The van der Waals surface area contributed by atoms with E-state index in [2.05, 4.69) is 10.5 Å². The molecule has 0 spiro atoms. The number of ether oxygens (including phenoxy) is 3. The Balaban J connectivity index is 1.45. The molecule has 34 heavy (non-hydrogen) atoms. The quantitative estimate of drug-likeness (QED) is 0.221. The van der Waals surface area contributed by atoms with Gasteiger partial charge in [0.05, 0.1) is 19.4 Å². The van der Waals surface area contributed by atoms with Crippen LogP contribution in [0.2, 0.25) is 0 Å². The van der Waals surface area contributed by atoms with E-state index < -0.39 is 11.9 Å². The summed E-state index contributed by atoms with van der Waals surface area (Å²) < 4.78 is 21.7. The number of furan rings is 1. The minimum absolute atomic E-state index is 0.168. The zero-order valence-electron chi connectivity index (χ0n) is 18.9.